The van der Waals surface area contributed by atoms with Gasteiger partial charge in [-0.25, -0.2) is 0 Å². The van der Waals surface area contributed by atoms with E-state index in [0.717, 1.165) is 4.90 Å². The Bertz CT molecular complexity index is 264. The second-order valence-electron chi connectivity index (χ2n) is 2.39. The van der Waals surface area contributed by atoms with Crippen molar-refractivity contribution in [3.63, 3.8) is 0 Å². The molecule has 0 amide bonds. The molecular weight excluding hydrogens is 195 g/mol. The summed E-state index contributed by atoms with van der Waals surface area (Å²) in [4.78, 5) is 11.3. The summed E-state index contributed by atoms with van der Waals surface area (Å²) in [6, 6.07) is 9.41. The van der Waals surface area contributed by atoms with Gasteiger partial charge in [0.1, 0.15) is 0 Å². The van der Waals surface area contributed by atoms with Crippen LogP contribution in [0.1, 0.15) is 6.92 Å². The molecule has 0 radical (unpaired) electrons. The molecule has 0 spiro atoms. The van der Waals surface area contributed by atoms with Crippen molar-refractivity contribution < 1.29 is 39.5 Å². The summed E-state index contributed by atoms with van der Waals surface area (Å²) in [5.74, 6) is -1.02. The van der Waals surface area contributed by atoms with Crippen molar-refractivity contribution in [2.75, 3.05) is 0 Å². The van der Waals surface area contributed by atoms with Crippen LogP contribution >= 0.6 is 11.8 Å². The van der Waals surface area contributed by atoms with Crippen molar-refractivity contribution in [3.05, 3.63) is 30.3 Å². The fraction of sp³-hybridized carbons (Fsp3) is 0.222. The Balaban J connectivity index is 0.00000144. The summed E-state index contributed by atoms with van der Waals surface area (Å²) in [6.07, 6.45) is 0. The summed E-state index contributed by atoms with van der Waals surface area (Å²) < 4.78 is 0. The smallest absolute Gasteiger partial charge is 0.549 e. The molecule has 0 aromatic heterocycles. The van der Waals surface area contributed by atoms with Crippen LogP contribution in [0.15, 0.2) is 35.2 Å². The Kier molecular flexibility index (Phi) is 6.51. The molecule has 0 saturated carbocycles. The van der Waals surface area contributed by atoms with Gasteiger partial charge in [0.15, 0.2) is 0 Å². The molecule has 0 N–H and O–H groups in total. The fourth-order valence-corrected chi connectivity index (χ4v) is 1.57. The van der Waals surface area contributed by atoms with Crippen LogP contribution < -0.4 is 34.7 Å². The van der Waals surface area contributed by atoms with E-state index in [1.165, 1.54) is 11.8 Å². The summed E-state index contributed by atoms with van der Waals surface area (Å²) in [7, 11) is 0. The van der Waals surface area contributed by atoms with Crippen molar-refractivity contribution in [3.8, 4) is 0 Å². The second kappa shape index (κ2) is 6.49. The van der Waals surface area contributed by atoms with Gasteiger partial charge < -0.3 is 9.90 Å². The third-order valence-electron chi connectivity index (χ3n) is 1.39. The van der Waals surface area contributed by atoms with Crippen LogP contribution in [0.3, 0.4) is 0 Å². The molecule has 1 atom stereocenters. The van der Waals surface area contributed by atoms with Gasteiger partial charge in [0, 0.05) is 10.1 Å². The maximum Gasteiger partial charge on any atom is 1.00 e. The molecule has 0 heterocycles. The number of thioether (sulfide) groups is 1. The topological polar surface area (TPSA) is 40.1 Å². The maximum atomic E-state index is 10.4. The third-order valence-corrected chi connectivity index (χ3v) is 2.48. The number of hydrogen-bond acceptors (Lipinski definition) is 3. The summed E-state index contributed by atoms with van der Waals surface area (Å²) in [6.45, 7) is 1.62. The minimum Gasteiger partial charge on any atom is -0.549 e. The summed E-state index contributed by atoms with van der Waals surface area (Å²) in [5, 5.41) is 9.88. The van der Waals surface area contributed by atoms with E-state index in [1.54, 1.807) is 6.92 Å². The standard InChI is InChI=1S/C9H10O2S.Na/c1-7(9(10)11)12-8-5-3-2-4-6-8;/h2-7H,1H3,(H,10,11);/q;+1/p-1/t7-;/m0./s1. The van der Waals surface area contributed by atoms with E-state index in [1.807, 2.05) is 30.3 Å². The summed E-state index contributed by atoms with van der Waals surface area (Å²) >= 11 is 1.29. The Morgan fingerprint density at radius 1 is 1.38 bits per heavy atom. The molecule has 0 bridgehead atoms. The van der Waals surface area contributed by atoms with E-state index in [-0.39, 0.29) is 29.6 Å². The first kappa shape index (κ1) is 13.0. The predicted octanol–water partition coefficient (Wildman–Crippen LogP) is -2.08. The van der Waals surface area contributed by atoms with Crippen molar-refractivity contribution >= 4 is 17.7 Å². The normalized spacial score (nSPS) is 11.5. The van der Waals surface area contributed by atoms with E-state index in [0.29, 0.717) is 0 Å². The van der Waals surface area contributed by atoms with E-state index >= 15 is 0 Å². The number of carboxylic acids is 1. The zero-order valence-corrected chi connectivity index (χ0v) is 10.5. The van der Waals surface area contributed by atoms with Crippen LogP contribution in [0.5, 0.6) is 0 Å². The SMILES string of the molecule is C[C@H](Sc1ccccc1)C(=O)[O-].[Na+]. The van der Waals surface area contributed by atoms with Gasteiger partial charge >= 0.3 is 29.6 Å². The number of benzene rings is 1. The number of hydrogen-bond donors (Lipinski definition) is 0. The molecule has 1 aromatic carbocycles. The van der Waals surface area contributed by atoms with E-state index in [9.17, 15) is 9.90 Å². The number of aliphatic carboxylic acids is 1. The first-order valence-electron chi connectivity index (χ1n) is 3.62. The van der Waals surface area contributed by atoms with Gasteiger partial charge in [0.2, 0.25) is 0 Å². The quantitative estimate of drug-likeness (QED) is 0.419. The van der Waals surface area contributed by atoms with Gasteiger partial charge in [0.25, 0.3) is 0 Å². The Morgan fingerprint density at radius 2 is 1.92 bits per heavy atom. The second-order valence-corrected chi connectivity index (χ2v) is 3.81. The minimum absolute atomic E-state index is 0. The van der Waals surface area contributed by atoms with Gasteiger partial charge in [-0.3, -0.25) is 0 Å². The maximum absolute atomic E-state index is 10.4. The van der Waals surface area contributed by atoms with Gasteiger partial charge in [-0.05, 0) is 19.1 Å². The average molecular weight is 204 g/mol. The van der Waals surface area contributed by atoms with Crippen molar-refractivity contribution in [2.45, 2.75) is 17.1 Å². The van der Waals surface area contributed by atoms with Gasteiger partial charge in [-0.1, -0.05) is 18.2 Å². The summed E-state index contributed by atoms with van der Waals surface area (Å²) in [5.41, 5.74) is 0. The minimum atomic E-state index is -1.02. The molecule has 0 fully saturated rings. The first-order chi connectivity index (χ1) is 5.70. The van der Waals surface area contributed by atoms with E-state index < -0.39 is 11.2 Å². The third kappa shape index (κ3) is 4.72. The molecule has 13 heavy (non-hydrogen) atoms. The molecule has 4 heteroatoms. The molecular formula is C9H9NaO2S. The molecule has 2 nitrogen and oxygen atoms in total. The number of carbonyl (C=O) groups is 1. The molecule has 1 aromatic rings. The van der Waals surface area contributed by atoms with Gasteiger partial charge in [-0.15, -0.1) is 11.8 Å². The van der Waals surface area contributed by atoms with Crippen molar-refractivity contribution in [2.24, 2.45) is 0 Å². The van der Waals surface area contributed by atoms with Crippen LogP contribution in [-0.4, -0.2) is 11.2 Å². The van der Waals surface area contributed by atoms with Crippen LogP contribution in [0.25, 0.3) is 0 Å². The molecule has 0 aliphatic heterocycles. The largest absolute Gasteiger partial charge is 1.00 e. The molecule has 0 saturated heterocycles. The Labute approximate surface area is 104 Å². The van der Waals surface area contributed by atoms with Gasteiger partial charge in [-0.2, -0.15) is 0 Å². The molecule has 1 rings (SSSR count). The first-order valence-corrected chi connectivity index (χ1v) is 4.50. The molecule has 64 valence electrons. The Hall–Kier alpha value is 0.0400. The number of carbonyl (C=O) groups excluding carboxylic acids is 1. The van der Waals surface area contributed by atoms with Crippen LogP contribution in [0, 0.1) is 0 Å². The van der Waals surface area contributed by atoms with Gasteiger partial charge in [0.05, 0.1) is 5.97 Å². The molecule has 0 aliphatic rings. The molecule has 0 aliphatic carbocycles. The zero-order chi connectivity index (χ0) is 8.97. The van der Waals surface area contributed by atoms with E-state index in [2.05, 4.69) is 0 Å². The number of carboxylic acid groups (broad SMARTS) is 1. The van der Waals surface area contributed by atoms with Crippen molar-refractivity contribution in [1.29, 1.82) is 0 Å². The number of rotatable bonds is 3. The zero-order valence-electron chi connectivity index (χ0n) is 7.69. The van der Waals surface area contributed by atoms with Crippen LogP contribution in [-0.2, 0) is 4.79 Å². The Morgan fingerprint density at radius 3 is 2.38 bits per heavy atom. The van der Waals surface area contributed by atoms with Crippen molar-refractivity contribution in [1.82, 2.24) is 0 Å². The average Bonchev–Trinajstić information content (AvgIpc) is 2.06. The molecule has 0 unspecified atom stereocenters. The predicted molar refractivity (Wildman–Crippen MR) is 46.8 cm³/mol. The fourth-order valence-electron chi connectivity index (χ4n) is 0.751. The monoisotopic (exact) mass is 204 g/mol. The van der Waals surface area contributed by atoms with E-state index in [4.69, 9.17) is 0 Å². The van der Waals surface area contributed by atoms with Crippen LogP contribution in [0.4, 0.5) is 0 Å². The van der Waals surface area contributed by atoms with Crippen LogP contribution in [0.2, 0.25) is 0 Å².